The van der Waals surface area contributed by atoms with Gasteiger partial charge in [0.2, 0.25) is 0 Å². The van der Waals surface area contributed by atoms with Gasteiger partial charge in [0.25, 0.3) is 0 Å². The van der Waals surface area contributed by atoms with Crippen molar-refractivity contribution in [3.05, 3.63) is 17.5 Å². The molecule has 5 nitrogen and oxygen atoms in total. The number of aromatic nitrogens is 2. The molecule has 108 valence electrons. The lowest BCUT2D eigenvalue weighted by Crippen LogP contribution is -2.36. The predicted molar refractivity (Wildman–Crippen MR) is 76.0 cm³/mol. The van der Waals surface area contributed by atoms with E-state index in [0.717, 1.165) is 31.7 Å². The van der Waals surface area contributed by atoms with Gasteiger partial charge in [-0.1, -0.05) is 6.92 Å². The number of likely N-dealkylation sites (N-methyl/N-ethyl adjacent to an activating group) is 1. The molecule has 5 heteroatoms. The maximum Gasteiger partial charge on any atom is 0.0702 e. The minimum Gasteiger partial charge on any atom is -0.377 e. The minimum absolute atomic E-state index is 0.229. The van der Waals surface area contributed by atoms with Gasteiger partial charge in [0, 0.05) is 38.5 Å². The number of hydrogen-bond donors (Lipinski definition) is 1. The summed E-state index contributed by atoms with van der Waals surface area (Å²) in [5, 5.41) is 4.52. The summed E-state index contributed by atoms with van der Waals surface area (Å²) in [7, 11) is 4.10. The second-order valence-corrected chi connectivity index (χ2v) is 5.38. The molecule has 1 fully saturated rings. The largest absolute Gasteiger partial charge is 0.377 e. The van der Waals surface area contributed by atoms with Gasteiger partial charge in [-0.15, -0.1) is 0 Å². The first kappa shape index (κ1) is 14.5. The van der Waals surface area contributed by atoms with Crippen molar-refractivity contribution in [3.8, 4) is 0 Å². The Labute approximate surface area is 115 Å². The quantitative estimate of drug-likeness (QED) is 0.837. The molecule has 2 atom stereocenters. The fraction of sp³-hybridized carbons (Fsp3) is 0.786. The number of hydrogen-bond acceptors (Lipinski definition) is 4. The van der Waals surface area contributed by atoms with E-state index < -0.39 is 0 Å². The summed E-state index contributed by atoms with van der Waals surface area (Å²) in [5.41, 5.74) is 8.40. The van der Waals surface area contributed by atoms with Crippen LogP contribution in [0.15, 0.2) is 6.20 Å². The summed E-state index contributed by atoms with van der Waals surface area (Å²) in [5.74, 6) is 0. The summed E-state index contributed by atoms with van der Waals surface area (Å²) in [6, 6.07) is 0.229. The summed E-state index contributed by atoms with van der Waals surface area (Å²) >= 11 is 0. The fourth-order valence-corrected chi connectivity index (χ4v) is 2.89. The van der Waals surface area contributed by atoms with Gasteiger partial charge in [0.05, 0.1) is 17.8 Å². The predicted octanol–water partition coefficient (Wildman–Crippen LogP) is 1.09. The van der Waals surface area contributed by atoms with Crippen LogP contribution < -0.4 is 5.73 Å². The molecule has 2 unspecified atom stereocenters. The van der Waals surface area contributed by atoms with Gasteiger partial charge in [-0.2, -0.15) is 5.10 Å². The van der Waals surface area contributed by atoms with Crippen LogP contribution in [0.2, 0.25) is 0 Å². The Hall–Kier alpha value is -0.910. The van der Waals surface area contributed by atoms with Crippen molar-refractivity contribution in [2.45, 2.75) is 38.3 Å². The van der Waals surface area contributed by atoms with E-state index in [1.54, 1.807) is 0 Å². The molecule has 0 aliphatic carbocycles. The van der Waals surface area contributed by atoms with Gasteiger partial charge >= 0.3 is 0 Å². The van der Waals surface area contributed by atoms with E-state index in [4.69, 9.17) is 10.5 Å². The molecule has 0 bridgehead atoms. The molecule has 1 aromatic rings. The minimum atomic E-state index is 0.229. The van der Waals surface area contributed by atoms with Gasteiger partial charge < -0.3 is 10.5 Å². The number of nitrogens with zero attached hydrogens (tertiary/aromatic N) is 3. The maximum atomic E-state index is 5.99. The molecule has 2 heterocycles. The van der Waals surface area contributed by atoms with Crippen LogP contribution in [0.25, 0.3) is 0 Å². The van der Waals surface area contributed by atoms with E-state index in [9.17, 15) is 0 Å². The molecule has 0 radical (unpaired) electrons. The van der Waals surface area contributed by atoms with Crippen LogP contribution in [0, 0.1) is 0 Å². The van der Waals surface area contributed by atoms with Gasteiger partial charge in [-0.3, -0.25) is 9.58 Å². The lowest BCUT2D eigenvalue weighted by atomic mass is 10.0. The topological polar surface area (TPSA) is 56.3 Å². The van der Waals surface area contributed by atoms with Gasteiger partial charge in [0.1, 0.15) is 0 Å². The van der Waals surface area contributed by atoms with Crippen molar-refractivity contribution < 1.29 is 4.74 Å². The molecule has 1 saturated heterocycles. The molecule has 1 aliphatic heterocycles. The maximum absolute atomic E-state index is 5.99. The monoisotopic (exact) mass is 266 g/mol. The highest BCUT2D eigenvalue weighted by atomic mass is 16.5. The summed E-state index contributed by atoms with van der Waals surface area (Å²) < 4.78 is 7.60. The normalized spacial score (nSPS) is 21.2. The average molecular weight is 266 g/mol. The van der Waals surface area contributed by atoms with E-state index in [0.29, 0.717) is 12.6 Å². The molecule has 2 N–H and O–H groups in total. The Bertz CT molecular complexity index is 398. The molecular weight excluding hydrogens is 240 g/mol. The lowest BCUT2D eigenvalue weighted by molar-refractivity contribution is 0.0688. The molecule has 1 aromatic heterocycles. The van der Waals surface area contributed by atoms with Crippen LogP contribution in [0.5, 0.6) is 0 Å². The zero-order chi connectivity index (χ0) is 13.8. The third-order valence-corrected chi connectivity index (χ3v) is 3.90. The SMILES string of the molecule is CCc1nn(C)cc1C(CN)N(C)CC1CCCO1. The molecule has 0 amide bonds. The molecule has 0 saturated carbocycles. The first-order valence-corrected chi connectivity index (χ1v) is 7.20. The molecular formula is C14H26N4O. The number of ether oxygens (including phenoxy) is 1. The second kappa shape index (κ2) is 6.50. The Kier molecular flexibility index (Phi) is 4.96. The second-order valence-electron chi connectivity index (χ2n) is 5.38. The van der Waals surface area contributed by atoms with Crippen LogP contribution in [0.1, 0.15) is 37.1 Å². The third-order valence-electron chi connectivity index (χ3n) is 3.90. The summed E-state index contributed by atoms with van der Waals surface area (Å²) in [6.07, 6.45) is 5.75. The third kappa shape index (κ3) is 3.35. The van der Waals surface area contributed by atoms with E-state index in [1.807, 2.05) is 11.7 Å². The Morgan fingerprint density at radius 2 is 2.42 bits per heavy atom. The standard InChI is InChI=1S/C14H26N4O/c1-4-13-12(10-18(3)16-13)14(8-15)17(2)9-11-6-5-7-19-11/h10-11,14H,4-9,15H2,1-3H3. The first-order chi connectivity index (χ1) is 9.15. The Morgan fingerprint density at radius 1 is 1.63 bits per heavy atom. The molecule has 19 heavy (non-hydrogen) atoms. The summed E-state index contributed by atoms with van der Waals surface area (Å²) in [4.78, 5) is 2.31. The van der Waals surface area contributed by atoms with E-state index in [1.165, 1.54) is 12.0 Å². The average Bonchev–Trinajstić information content (AvgIpc) is 3.00. The fourth-order valence-electron chi connectivity index (χ4n) is 2.89. The highest BCUT2D eigenvalue weighted by Crippen LogP contribution is 2.24. The van der Waals surface area contributed by atoms with Crippen molar-refractivity contribution in [3.63, 3.8) is 0 Å². The van der Waals surface area contributed by atoms with Crippen molar-refractivity contribution in [2.75, 3.05) is 26.7 Å². The number of aryl methyl sites for hydroxylation is 2. The molecule has 2 rings (SSSR count). The van der Waals surface area contributed by atoms with Gasteiger partial charge in [-0.05, 0) is 26.3 Å². The molecule has 0 spiro atoms. The van der Waals surface area contributed by atoms with E-state index >= 15 is 0 Å². The van der Waals surface area contributed by atoms with E-state index in [-0.39, 0.29) is 6.04 Å². The smallest absolute Gasteiger partial charge is 0.0702 e. The van der Waals surface area contributed by atoms with Crippen molar-refractivity contribution in [1.82, 2.24) is 14.7 Å². The zero-order valence-electron chi connectivity index (χ0n) is 12.3. The van der Waals surface area contributed by atoms with Gasteiger partial charge in [0.15, 0.2) is 0 Å². The lowest BCUT2D eigenvalue weighted by Gasteiger charge is -2.29. The Balaban J connectivity index is 2.08. The highest BCUT2D eigenvalue weighted by molar-refractivity contribution is 5.22. The van der Waals surface area contributed by atoms with Crippen LogP contribution in [-0.2, 0) is 18.2 Å². The van der Waals surface area contributed by atoms with E-state index in [2.05, 4.69) is 30.2 Å². The molecule has 0 aromatic carbocycles. The molecule has 1 aliphatic rings. The summed E-state index contributed by atoms with van der Waals surface area (Å²) in [6.45, 7) is 4.60. The van der Waals surface area contributed by atoms with Crippen LogP contribution in [0.4, 0.5) is 0 Å². The van der Waals surface area contributed by atoms with Crippen LogP contribution in [-0.4, -0.2) is 47.5 Å². The van der Waals surface area contributed by atoms with Crippen molar-refractivity contribution >= 4 is 0 Å². The number of rotatable bonds is 6. The highest BCUT2D eigenvalue weighted by Gasteiger charge is 2.24. The number of nitrogens with two attached hydrogens (primary N) is 1. The van der Waals surface area contributed by atoms with Crippen molar-refractivity contribution in [2.24, 2.45) is 12.8 Å². The van der Waals surface area contributed by atoms with Crippen LogP contribution >= 0.6 is 0 Å². The first-order valence-electron chi connectivity index (χ1n) is 7.20. The van der Waals surface area contributed by atoms with Gasteiger partial charge in [-0.25, -0.2) is 0 Å². The van der Waals surface area contributed by atoms with Crippen LogP contribution in [0.3, 0.4) is 0 Å². The Morgan fingerprint density at radius 3 is 3.00 bits per heavy atom. The zero-order valence-corrected chi connectivity index (χ0v) is 12.3. The van der Waals surface area contributed by atoms with Crippen molar-refractivity contribution in [1.29, 1.82) is 0 Å².